The predicted molar refractivity (Wildman–Crippen MR) is 132 cm³/mol. The molecular formula is C26H33NO4S. The number of carbonyl (C=O) groups excluding carboxylic acids is 1. The average molecular weight is 456 g/mol. The Kier molecular flexibility index (Phi) is 9.72. The zero-order valence-corrected chi connectivity index (χ0v) is 20.0. The van der Waals surface area contributed by atoms with Crippen molar-refractivity contribution in [2.24, 2.45) is 0 Å². The molecule has 0 saturated carbocycles. The van der Waals surface area contributed by atoms with Crippen LogP contribution in [0.3, 0.4) is 0 Å². The van der Waals surface area contributed by atoms with E-state index in [0.717, 1.165) is 49.0 Å². The van der Waals surface area contributed by atoms with Crippen LogP contribution in [0, 0.1) is 0 Å². The molecule has 0 radical (unpaired) electrons. The van der Waals surface area contributed by atoms with Crippen LogP contribution >= 0.6 is 0 Å². The van der Waals surface area contributed by atoms with Gasteiger partial charge in [-0.15, -0.1) is 0 Å². The van der Waals surface area contributed by atoms with E-state index in [1.165, 1.54) is 6.26 Å². The number of sulfone groups is 1. The maximum absolute atomic E-state index is 11.5. The van der Waals surface area contributed by atoms with Crippen molar-refractivity contribution in [1.29, 1.82) is 0 Å². The van der Waals surface area contributed by atoms with E-state index in [1.54, 1.807) is 31.2 Å². The summed E-state index contributed by atoms with van der Waals surface area (Å²) in [7, 11) is -1.08. The maximum Gasteiger partial charge on any atom is 0.333 e. The van der Waals surface area contributed by atoms with Crippen molar-refractivity contribution in [1.82, 2.24) is 0 Å². The molecule has 6 heteroatoms. The summed E-state index contributed by atoms with van der Waals surface area (Å²) in [6.07, 6.45) is 9.27. The van der Waals surface area contributed by atoms with Gasteiger partial charge < -0.3 is 9.64 Å². The van der Waals surface area contributed by atoms with Gasteiger partial charge in [0.1, 0.15) is 0 Å². The van der Waals surface area contributed by atoms with E-state index >= 15 is 0 Å². The third kappa shape index (κ3) is 8.71. The van der Waals surface area contributed by atoms with Crippen LogP contribution in [-0.4, -0.2) is 40.8 Å². The van der Waals surface area contributed by atoms with E-state index in [-0.39, 0.29) is 5.97 Å². The second-order valence-corrected chi connectivity index (χ2v) is 10.0. The highest BCUT2D eigenvalue weighted by Gasteiger charge is 2.05. The Morgan fingerprint density at radius 2 is 1.47 bits per heavy atom. The first kappa shape index (κ1) is 25.4. The molecule has 2 aromatic carbocycles. The molecular weight excluding hydrogens is 422 g/mol. The molecule has 32 heavy (non-hydrogen) atoms. The van der Waals surface area contributed by atoms with E-state index in [0.29, 0.717) is 17.1 Å². The molecule has 0 unspecified atom stereocenters. The van der Waals surface area contributed by atoms with E-state index in [9.17, 15) is 13.2 Å². The van der Waals surface area contributed by atoms with Crippen LogP contribution in [-0.2, 0) is 19.4 Å². The SMILES string of the molecule is C=C(C)C(=O)OCCCCCCN(C)c1ccc(C=Cc2ccc(S(C)(=O)=O)cc2)cc1. The Bertz CT molecular complexity index is 1020. The number of ether oxygens (including phenoxy) is 1. The van der Waals surface area contributed by atoms with Crippen molar-refractivity contribution in [3.05, 3.63) is 71.8 Å². The van der Waals surface area contributed by atoms with E-state index in [1.807, 2.05) is 12.2 Å². The lowest BCUT2D eigenvalue weighted by molar-refractivity contribution is -0.139. The normalized spacial score (nSPS) is 11.5. The molecule has 0 aliphatic carbocycles. The highest BCUT2D eigenvalue weighted by Crippen LogP contribution is 2.17. The standard InChI is InChI=1S/C26H33NO4S/c1-21(2)26(28)31-20-8-6-5-7-19-27(3)24-15-11-22(12-16-24)9-10-23-13-17-25(18-14-23)32(4,29)30/h9-18H,1,5-8,19-20H2,2-4H3. The number of esters is 1. The highest BCUT2D eigenvalue weighted by atomic mass is 32.2. The fourth-order valence-corrected chi connectivity index (χ4v) is 3.71. The number of unbranched alkanes of at least 4 members (excludes halogenated alkanes) is 3. The fourth-order valence-electron chi connectivity index (χ4n) is 3.08. The van der Waals surface area contributed by atoms with Gasteiger partial charge in [-0.3, -0.25) is 0 Å². The first-order valence-corrected chi connectivity index (χ1v) is 12.7. The Morgan fingerprint density at radius 3 is 2.00 bits per heavy atom. The lowest BCUT2D eigenvalue weighted by Crippen LogP contribution is -2.18. The molecule has 2 aromatic rings. The summed E-state index contributed by atoms with van der Waals surface area (Å²) in [5.41, 5.74) is 3.64. The van der Waals surface area contributed by atoms with Crippen molar-refractivity contribution < 1.29 is 17.9 Å². The molecule has 0 amide bonds. The molecule has 0 atom stereocenters. The molecule has 172 valence electrons. The van der Waals surface area contributed by atoms with Crippen LogP contribution in [0.4, 0.5) is 5.69 Å². The second kappa shape index (κ2) is 12.2. The lowest BCUT2D eigenvalue weighted by atomic mass is 10.1. The lowest BCUT2D eigenvalue weighted by Gasteiger charge is -2.19. The van der Waals surface area contributed by atoms with Gasteiger partial charge in [0.15, 0.2) is 9.84 Å². The predicted octanol–water partition coefficient (Wildman–Crippen LogP) is 5.38. The van der Waals surface area contributed by atoms with Gasteiger partial charge in [-0.1, -0.05) is 49.4 Å². The summed E-state index contributed by atoms with van der Waals surface area (Å²) in [4.78, 5) is 13.9. The van der Waals surface area contributed by atoms with Gasteiger partial charge in [-0.2, -0.15) is 0 Å². The minimum Gasteiger partial charge on any atom is -0.462 e. The van der Waals surface area contributed by atoms with Crippen LogP contribution < -0.4 is 4.90 Å². The van der Waals surface area contributed by atoms with Crippen molar-refractivity contribution >= 4 is 33.6 Å². The van der Waals surface area contributed by atoms with Crippen molar-refractivity contribution in [2.45, 2.75) is 37.5 Å². The molecule has 0 N–H and O–H groups in total. The van der Waals surface area contributed by atoms with Gasteiger partial charge in [-0.05, 0) is 61.6 Å². The Labute approximate surface area is 192 Å². The van der Waals surface area contributed by atoms with Crippen molar-refractivity contribution in [2.75, 3.05) is 31.4 Å². The van der Waals surface area contributed by atoms with Gasteiger partial charge in [0.05, 0.1) is 11.5 Å². The average Bonchev–Trinajstić information content (AvgIpc) is 2.76. The summed E-state index contributed by atoms with van der Waals surface area (Å²) in [6.45, 7) is 6.65. The van der Waals surface area contributed by atoms with E-state index < -0.39 is 9.84 Å². The molecule has 0 aliphatic heterocycles. The number of anilines is 1. The molecule has 0 heterocycles. The Morgan fingerprint density at radius 1 is 0.938 bits per heavy atom. The Hall–Kier alpha value is -2.86. The summed E-state index contributed by atoms with van der Waals surface area (Å²) < 4.78 is 28.2. The summed E-state index contributed by atoms with van der Waals surface area (Å²) in [6, 6.07) is 15.2. The monoisotopic (exact) mass is 455 g/mol. The second-order valence-electron chi connectivity index (χ2n) is 8.02. The molecule has 0 saturated heterocycles. The molecule has 0 fully saturated rings. The minimum absolute atomic E-state index is 0.312. The van der Waals surface area contributed by atoms with Gasteiger partial charge in [-0.25, -0.2) is 13.2 Å². The zero-order valence-electron chi connectivity index (χ0n) is 19.2. The molecule has 2 rings (SSSR count). The van der Waals surface area contributed by atoms with Gasteiger partial charge in [0.25, 0.3) is 0 Å². The minimum atomic E-state index is -3.17. The third-order valence-corrected chi connectivity index (χ3v) is 6.21. The quantitative estimate of drug-likeness (QED) is 0.186. The molecule has 0 aromatic heterocycles. The van der Waals surface area contributed by atoms with Crippen LogP contribution in [0.5, 0.6) is 0 Å². The molecule has 0 spiro atoms. The maximum atomic E-state index is 11.5. The van der Waals surface area contributed by atoms with Crippen LogP contribution in [0.25, 0.3) is 12.2 Å². The third-order valence-electron chi connectivity index (χ3n) is 5.08. The summed E-state index contributed by atoms with van der Waals surface area (Å²) >= 11 is 0. The van der Waals surface area contributed by atoms with Crippen LogP contribution in [0.2, 0.25) is 0 Å². The molecule has 0 aliphatic rings. The van der Waals surface area contributed by atoms with E-state index in [4.69, 9.17) is 4.74 Å². The first-order valence-electron chi connectivity index (χ1n) is 10.8. The van der Waals surface area contributed by atoms with Crippen LogP contribution in [0.1, 0.15) is 43.7 Å². The number of hydrogen-bond donors (Lipinski definition) is 0. The number of carbonyl (C=O) groups is 1. The number of rotatable bonds is 12. The highest BCUT2D eigenvalue weighted by molar-refractivity contribution is 7.90. The van der Waals surface area contributed by atoms with Gasteiger partial charge in [0, 0.05) is 31.1 Å². The number of benzene rings is 2. The molecule has 5 nitrogen and oxygen atoms in total. The zero-order chi connectivity index (χ0) is 23.6. The summed E-state index contributed by atoms with van der Waals surface area (Å²) in [5, 5.41) is 0. The largest absolute Gasteiger partial charge is 0.462 e. The van der Waals surface area contributed by atoms with Crippen molar-refractivity contribution in [3.63, 3.8) is 0 Å². The topological polar surface area (TPSA) is 63.7 Å². The number of hydrogen-bond acceptors (Lipinski definition) is 5. The van der Waals surface area contributed by atoms with Gasteiger partial charge in [0.2, 0.25) is 0 Å². The first-order chi connectivity index (χ1) is 15.2. The van der Waals surface area contributed by atoms with E-state index in [2.05, 4.69) is 42.8 Å². The summed E-state index contributed by atoms with van der Waals surface area (Å²) in [5.74, 6) is -0.312. The smallest absolute Gasteiger partial charge is 0.333 e. The van der Waals surface area contributed by atoms with Crippen LogP contribution in [0.15, 0.2) is 65.6 Å². The molecule has 0 bridgehead atoms. The van der Waals surface area contributed by atoms with Crippen molar-refractivity contribution in [3.8, 4) is 0 Å². The fraction of sp³-hybridized carbons (Fsp3) is 0.346. The Balaban J connectivity index is 1.74. The number of nitrogens with zero attached hydrogens (tertiary/aromatic N) is 1. The van der Waals surface area contributed by atoms with Gasteiger partial charge >= 0.3 is 5.97 Å².